The van der Waals surface area contributed by atoms with Crippen molar-refractivity contribution in [3.8, 4) is 0 Å². The van der Waals surface area contributed by atoms with Crippen molar-refractivity contribution in [1.29, 1.82) is 0 Å². The molecule has 16 unspecified atom stereocenters. The maximum absolute atomic E-state index is 14.0. The number of rotatable bonds is 12. The van der Waals surface area contributed by atoms with E-state index in [1.165, 1.54) is 0 Å². The number of ether oxygens (including phenoxy) is 3. The van der Waals surface area contributed by atoms with E-state index in [1.54, 1.807) is 0 Å². The summed E-state index contributed by atoms with van der Waals surface area (Å²) >= 11 is 0. The highest BCUT2D eigenvalue weighted by Gasteiger charge is 2.56. The molecular weight excluding hydrogens is 602 g/mol. The molecule has 2 heterocycles. The second kappa shape index (κ2) is 15.5. The van der Waals surface area contributed by atoms with Gasteiger partial charge in [0.05, 0.1) is 56.2 Å². The molecular formula is C24H46F2N6O12. The number of aliphatic hydroxyl groups is 8. The van der Waals surface area contributed by atoms with Crippen LogP contribution in [0.2, 0.25) is 0 Å². The van der Waals surface area contributed by atoms with Crippen LogP contribution in [0.4, 0.5) is 8.78 Å². The molecule has 3 rings (SSSR count). The zero-order chi connectivity index (χ0) is 33.1. The average Bonchev–Trinajstić information content (AvgIpc) is 2.99. The maximum Gasteiger partial charge on any atom is 0.294 e. The van der Waals surface area contributed by atoms with Crippen LogP contribution in [0, 0.1) is 5.92 Å². The highest BCUT2D eigenvalue weighted by molar-refractivity contribution is 5.82. The number of halogens is 2. The summed E-state index contributed by atoms with van der Waals surface area (Å²) in [5, 5.41) is 87.2. The van der Waals surface area contributed by atoms with Gasteiger partial charge in [0.2, 0.25) is 0 Å². The van der Waals surface area contributed by atoms with Crippen molar-refractivity contribution in [2.75, 3.05) is 32.8 Å². The summed E-state index contributed by atoms with van der Waals surface area (Å²) in [6.07, 6.45) is -18.4. The van der Waals surface area contributed by atoms with E-state index < -0.39 is 122 Å². The number of nitrogens with one attached hydrogen (secondary N) is 2. The Balaban J connectivity index is 1.93. The first-order valence-corrected chi connectivity index (χ1v) is 14.2. The lowest BCUT2D eigenvalue weighted by Crippen LogP contribution is -2.72. The van der Waals surface area contributed by atoms with Gasteiger partial charge in [0, 0.05) is 25.0 Å². The van der Waals surface area contributed by atoms with E-state index in [9.17, 15) is 49.3 Å². The third-order valence-corrected chi connectivity index (χ3v) is 8.47. The maximum atomic E-state index is 14.0. The standard InChI is InChI=1S/C24H46F2N6O12/c25-24(26,6-27)21(40)22(41)32-8-3-7(28)11(20-13(30)17(38)15(36)9(42-20)4-31-1-2-33)16(37)19(8)44-23-18(39)12(29)14(35)10(5-34)43-23/h7-21,23,31,33-40H,1-6,27-30H2,(H,32,41). The molecule has 18 N–H and O–H groups in total. The van der Waals surface area contributed by atoms with E-state index in [4.69, 9.17) is 42.3 Å². The first-order valence-electron chi connectivity index (χ1n) is 14.2. The SMILES string of the molecule is NCC(F)(F)C(O)C(=O)NC1CC(N)C(C2OC(CNCCO)C(O)C(O)C2N)C(O)C1OC1OC(CO)C(O)C(N)C1O. The number of carbonyl (C=O) groups is 1. The minimum atomic E-state index is -4.02. The van der Waals surface area contributed by atoms with Crippen LogP contribution in [0.25, 0.3) is 0 Å². The van der Waals surface area contributed by atoms with Crippen LogP contribution >= 0.6 is 0 Å². The molecule has 0 spiro atoms. The number of aliphatic hydroxyl groups excluding tert-OH is 8. The topological polar surface area (TPSA) is 335 Å². The molecule has 258 valence electrons. The first-order chi connectivity index (χ1) is 20.6. The Morgan fingerprint density at radius 3 is 2.20 bits per heavy atom. The Bertz CT molecular complexity index is 933. The molecule has 0 bridgehead atoms. The lowest BCUT2D eigenvalue weighted by atomic mass is 9.71. The Kier molecular flexibility index (Phi) is 13.1. The zero-order valence-corrected chi connectivity index (χ0v) is 23.8. The fourth-order valence-corrected chi connectivity index (χ4v) is 5.85. The summed E-state index contributed by atoms with van der Waals surface area (Å²) < 4.78 is 45.2. The molecule has 3 fully saturated rings. The monoisotopic (exact) mass is 648 g/mol. The second-order valence-electron chi connectivity index (χ2n) is 11.5. The number of hydrogen-bond donors (Lipinski definition) is 14. The van der Waals surface area contributed by atoms with Crippen LogP contribution in [0.1, 0.15) is 6.42 Å². The van der Waals surface area contributed by atoms with Crippen molar-refractivity contribution < 1.29 is 68.6 Å². The van der Waals surface area contributed by atoms with Crippen LogP contribution in [-0.4, -0.2) is 177 Å². The Hall–Kier alpha value is -1.31. The molecule has 20 heteroatoms. The van der Waals surface area contributed by atoms with Gasteiger partial charge in [0.15, 0.2) is 12.4 Å². The Morgan fingerprint density at radius 2 is 1.61 bits per heavy atom. The smallest absolute Gasteiger partial charge is 0.294 e. The summed E-state index contributed by atoms with van der Waals surface area (Å²) in [6.45, 7) is -2.25. The summed E-state index contributed by atoms with van der Waals surface area (Å²) in [5.74, 6) is -6.81. The molecule has 1 amide bonds. The van der Waals surface area contributed by atoms with Gasteiger partial charge in [-0.1, -0.05) is 0 Å². The third-order valence-electron chi connectivity index (χ3n) is 8.47. The Labute approximate surface area is 251 Å². The van der Waals surface area contributed by atoms with Gasteiger partial charge >= 0.3 is 0 Å². The van der Waals surface area contributed by atoms with Gasteiger partial charge in [-0.05, 0) is 6.42 Å². The van der Waals surface area contributed by atoms with Gasteiger partial charge in [-0.2, -0.15) is 0 Å². The van der Waals surface area contributed by atoms with Crippen molar-refractivity contribution in [2.45, 2.75) is 104 Å². The van der Waals surface area contributed by atoms with Gasteiger partial charge < -0.3 is 88.6 Å². The molecule has 44 heavy (non-hydrogen) atoms. The van der Waals surface area contributed by atoms with Gasteiger partial charge in [-0.15, -0.1) is 0 Å². The molecule has 0 aromatic heterocycles. The van der Waals surface area contributed by atoms with E-state index in [0.717, 1.165) is 0 Å². The van der Waals surface area contributed by atoms with Crippen LogP contribution < -0.4 is 33.6 Å². The number of nitrogens with two attached hydrogens (primary N) is 4. The zero-order valence-electron chi connectivity index (χ0n) is 23.8. The minimum absolute atomic E-state index is 0.0449. The van der Waals surface area contributed by atoms with E-state index in [2.05, 4.69) is 10.6 Å². The van der Waals surface area contributed by atoms with Crippen molar-refractivity contribution >= 4 is 5.91 Å². The molecule has 1 aliphatic carbocycles. The highest BCUT2D eigenvalue weighted by Crippen LogP contribution is 2.37. The summed E-state index contributed by atoms with van der Waals surface area (Å²) in [4.78, 5) is 12.6. The number of amides is 1. The van der Waals surface area contributed by atoms with Gasteiger partial charge in [0.1, 0.15) is 36.6 Å². The van der Waals surface area contributed by atoms with Crippen LogP contribution in [0.5, 0.6) is 0 Å². The van der Waals surface area contributed by atoms with E-state index in [0.29, 0.717) is 0 Å². The normalized spacial score (nSPS) is 44.3. The van der Waals surface area contributed by atoms with E-state index in [1.807, 2.05) is 0 Å². The van der Waals surface area contributed by atoms with E-state index >= 15 is 0 Å². The summed E-state index contributed by atoms with van der Waals surface area (Å²) in [5.41, 5.74) is 23.4. The summed E-state index contributed by atoms with van der Waals surface area (Å²) in [7, 11) is 0. The largest absolute Gasteiger partial charge is 0.395 e. The number of alkyl halides is 2. The second-order valence-corrected chi connectivity index (χ2v) is 11.5. The lowest BCUT2D eigenvalue weighted by molar-refractivity contribution is -0.307. The van der Waals surface area contributed by atoms with Crippen molar-refractivity contribution in [2.24, 2.45) is 28.9 Å². The van der Waals surface area contributed by atoms with Crippen LogP contribution in [0.15, 0.2) is 0 Å². The molecule has 0 aromatic rings. The van der Waals surface area contributed by atoms with Crippen molar-refractivity contribution in [3.05, 3.63) is 0 Å². The molecule has 2 aliphatic heterocycles. The molecule has 0 aromatic carbocycles. The van der Waals surface area contributed by atoms with Crippen LogP contribution in [0.3, 0.4) is 0 Å². The molecule has 18 nitrogen and oxygen atoms in total. The van der Waals surface area contributed by atoms with E-state index in [-0.39, 0.29) is 26.1 Å². The van der Waals surface area contributed by atoms with Crippen molar-refractivity contribution in [1.82, 2.24) is 10.6 Å². The Morgan fingerprint density at radius 1 is 0.955 bits per heavy atom. The fraction of sp³-hybridized carbons (Fsp3) is 0.958. The number of hydrogen-bond acceptors (Lipinski definition) is 17. The van der Waals surface area contributed by atoms with Gasteiger partial charge in [-0.25, -0.2) is 8.78 Å². The first kappa shape index (κ1) is 37.2. The molecule has 1 saturated carbocycles. The predicted molar refractivity (Wildman–Crippen MR) is 143 cm³/mol. The molecule has 16 atom stereocenters. The molecule has 3 aliphatic rings. The molecule has 0 radical (unpaired) electrons. The number of carbonyl (C=O) groups excluding carboxylic acids is 1. The minimum Gasteiger partial charge on any atom is -0.395 e. The van der Waals surface area contributed by atoms with Crippen molar-refractivity contribution in [3.63, 3.8) is 0 Å². The third kappa shape index (κ3) is 7.79. The van der Waals surface area contributed by atoms with Gasteiger partial charge in [0.25, 0.3) is 11.8 Å². The molecule has 2 saturated heterocycles. The predicted octanol–water partition coefficient (Wildman–Crippen LogP) is -8.32. The van der Waals surface area contributed by atoms with Gasteiger partial charge in [-0.3, -0.25) is 4.79 Å². The quantitative estimate of drug-likeness (QED) is 0.0873. The highest BCUT2D eigenvalue weighted by atomic mass is 19.3. The van der Waals surface area contributed by atoms with Crippen LogP contribution in [-0.2, 0) is 19.0 Å². The average molecular weight is 649 g/mol. The lowest BCUT2D eigenvalue weighted by Gasteiger charge is -2.52. The summed E-state index contributed by atoms with van der Waals surface area (Å²) in [6, 6.07) is -5.27. The fourth-order valence-electron chi connectivity index (χ4n) is 5.85.